The van der Waals surface area contributed by atoms with Gasteiger partial charge in [-0.3, -0.25) is 0 Å². The standard InChI is InChI=1S/C41H52OS3/c1-5-32-27-36-37-28-33-26-35(23-17-10-8-11-18-24-42-34-21-15-13-16-22-34)44-40(33)31(4)41(37)45-39(36)29-38(32)43-25-19-12-7-6-9-14-20-30(2)3/h5,13,15-16,21-22,26-30H,1,6-12,14,17-20,23-25H2,2-4H3. The molecule has 1 nitrogen and oxygen atoms in total. The zero-order valence-corrected chi connectivity index (χ0v) is 30.2. The summed E-state index contributed by atoms with van der Waals surface area (Å²) in [6.07, 6.45) is 19.1. The molecule has 3 aromatic carbocycles. The van der Waals surface area contributed by atoms with E-state index in [-0.39, 0.29) is 0 Å². The number of thioether (sulfide) groups is 1. The van der Waals surface area contributed by atoms with Crippen molar-refractivity contribution < 1.29 is 4.74 Å². The summed E-state index contributed by atoms with van der Waals surface area (Å²) >= 11 is 6.02. The Bertz CT molecular complexity index is 1640. The van der Waals surface area contributed by atoms with E-state index in [4.69, 9.17) is 4.74 Å². The van der Waals surface area contributed by atoms with Crippen LogP contribution in [-0.4, -0.2) is 12.4 Å². The van der Waals surface area contributed by atoms with E-state index < -0.39 is 0 Å². The molecule has 5 rings (SSSR count). The van der Waals surface area contributed by atoms with Crippen molar-refractivity contribution in [2.45, 2.75) is 109 Å². The molecule has 240 valence electrons. The highest BCUT2D eigenvalue weighted by atomic mass is 32.2. The first-order chi connectivity index (χ1) is 22.0. The van der Waals surface area contributed by atoms with Gasteiger partial charge in [0.25, 0.3) is 0 Å². The predicted octanol–water partition coefficient (Wildman–Crippen LogP) is 14.3. The highest BCUT2D eigenvalue weighted by Crippen LogP contribution is 2.44. The van der Waals surface area contributed by atoms with Gasteiger partial charge in [0.15, 0.2) is 0 Å². The molecule has 0 aliphatic heterocycles. The van der Waals surface area contributed by atoms with Crippen LogP contribution in [0.4, 0.5) is 0 Å². The Hall–Kier alpha value is -2.27. The van der Waals surface area contributed by atoms with Gasteiger partial charge >= 0.3 is 0 Å². The number of hydrogen-bond donors (Lipinski definition) is 0. The van der Waals surface area contributed by atoms with E-state index in [2.05, 4.69) is 57.7 Å². The molecular weight excluding hydrogens is 605 g/mol. The van der Waals surface area contributed by atoms with Gasteiger partial charge < -0.3 is 4.74 Å². The van der Waals surface area contributed by atoms with Crippen LogP contribution in [0.5, 0.6) is 5.75 Å². The van der Waals surface area contributed by atoms with Crippen LogP contribution >= 0.6 is 34.4 Å². The maximum atomic E-state index is 5.84. The van der Waals surface area contributed by atoms with E-state index in [0.29, 0.717) is 0 Å². The highest BCUT2D eigenvalue weighted by Gasteiger charge is 2.15. The lowest BCUT2D eigenvalue weighted by atomic mass is 10.0. The highest BCUT2D eigenvalue weighted by molar-refractivity contribution is 7.99. The van der Waals surface area contributed by atoms with Crippen LogP contribution < -0.4 is 4.74 Å². The summed E-state index contributed by atoms with van der Waals surface area (Å²) < 4.78 is 10.2. The smallest absolute Gasteiger partial charge is 0.119 e. The lowest BCUT2D eigenvalue weighted by Crippen LogP contribution is -1.96. The van der Waals surface area contributed by atoms with Crippen molar-refractivity contribution in [3.05, 3.63) is 77.2 Å². The summed E-state index contributed by atoms with van der Waals surface area (Å²) in [7, 11) is 0. The van der Waals surface area contributed by atoms with Gasteiger partial charge in [-0.1, -0.05) is 102 Å². The molecule has 0 aliphatic rings. The van der Waals surface area contributed by atoms with E-state index in [1.807, 2.05) is 64.8 Å². The lowest BCUT2D eigenvalue weighted by molar-refractivity contribution is 0.304. The lowest BCUT2D eigenvalue weighted by Gasteiger charge is -2.07. The zero-order valence-electron chi connectivity index (χ0n) is 27.8. The van der Waals surface area contributed by atoms with Crippen LogP contribution in [0.1, 0.15) is 107 Å². The van der Waals surface area contributed by atoms with Crippen LogP contribution in [0.15, 0.2) is 66.1 Å². The van der Waals surface area contributed by atoms with Gasteiger partial charge in [0.1, 0.15) is 5.75 Å². The van der Waals surface area contributed by atoms with Crippen molar-refractivity contribution in [3.8, 4) is 5.75 Å². The van der Waals surface area contributed by atoms with Crippen molar-refractivity contribution in [1.29, 1.82) is 0 Å². The molecule has 0 N–H and O–H groups in total. The van der Waals surface area contributed by atoms with E-state index in [1.165, 1.54) is 134 Å². The number of unbranched alkanes of at least 4 members (excludes halogenated alkanes) is 9. The molecule has 0 amide bonds. The second kappa shape index (κ2) is 17.6. The maximum absolute atomic E-state index is 5.84. The summed E-state index contributed by atoms with van der Waals surface area (Å²) in [6, 6.07) is 19.9. The van der Waals surface area contributed by atoms with Gasteiger partial charge in [-0.25, -0.2) is 0 Å². The third-order valence-corrected chi connectivity index (χ3v) is 12.7. The number of hydrogen-bond acceptors (Lipinski definition) is 4. The minimum atomic E-state index is 0.818. The Labute approximate surface area is 284 Å². The SMILES string of the molecule is C=Cc1cc2c(cc1SCCCCCCCCC(C)C)sc1c(C)c3sc(CCCCCCCOc4ccccc4)cc3cc12. The summed E-state index contributed by atoms with van der Waals surface area (Å²) in [4.78, 5) is 2.93. The summed E-state index contributed by atoms with van der Waals surface area (Å²) in [6.45, 7) is 12.0. The first-order valence-electron chi connectivity index (χ1n) is 17.4. The first kappa shape index (κ1) is 34.1. The van der Waals surface area contributed by atoms with Gasteiger partial charge in [0.2, 0.25) is 0 Å². The summed E-state index contributed by atoms with van der Waals surface area (Å²) in [5, 5.41) is 4.23. The Morgan fingerprint density at radius 1 is 0.778 bits per heavy atom. The van der Waals surface area contributed by atoms with Gasteiger partial charge in [-0.15, -0.1) is 34.4 Å². The molecule has 4 heteroatoms. The Morgan fingerprint density at radius 3 is 2.29 bits per heavy atom. The average molecular weight is 657 g/mol. The van der Waals surface area contributed by atoms with Gasteiger partial charge in [0, 0.05) is 34.6 Å². The van der Waals surface area contributed by atoms with Crippen molar-refractivity contribution in [3.63, 3.8) is 0 Å². The third kappa shape index (κ3) is 9.62. The molecule has 45 heavy (non-hydrogen) atoms. The summed E-state index contributed by atoms with van der Waals surface area (Å²) in [5.41, 5.74) is 2.75. The normalized spacial score (nSPS) is 11.8. The number of thiophene rings is 2. The van der Waals surface area contributed by atoms with E-state index in [1.54, 1.807) is 0 Å². The minimum absolute atomic E-state index is 0.818. The Kier molecular flexibility index (Phi) is 13.3. The molecule has 2 heterocycles. The van der Waals surface area contributed by atoms with Crippen molar-refractivity contribution in [2.24, 2.45) is 5.92 Å². The molecule has 0 unspecified atom stereocenters. The zero-order chi connectivity index (χ0) is 31.4. The van der Waals surface area contributed by atoms with Crippen molar-refractivity contribution in [1.82, 2.24) is 0 Å². The fourth-order valence-electron chi connectivity index (χ4n) is 6.29. The monoisotopic (exact) mass is 656 g/mol. The molecule has 2 aromatic heterocycles. The van der Waals surface area contributed by atoms with Crippen molar-refractivity contribution >= 4 is 70.8 Å². The molecule has 0 aliphatic carbocycles. The van der Waals surface area contributed by atoms with Crippen LogP contribution in [0.25, 0.3) is 36.3 Å². The second-order valence-corrected chi connectivity index (χ2v) is 16.4. The van der Waals surface area contributed by atoms with Gasteiger partial charge in [-0.05, 0) is 97.2 Å². The van der Waals surface area contributed by atoms with Crippen LogP contribution in [0, 0.1) is 12.8 Å². The van der Waals surface area contributed by atoms with Crippen LogP contribution in [0.2, 0.25) is 0 Å². The fourth-order valence-corrected chi connectivity index (χ4v) is 9.90. The maximum Gasteiger partial charge on any atom is 0.119 e. The van der Waals surface area contributed by atoms with Crippen molar-refractivity contribution in [2.75, 3.05) is 12.4 Å². The quantitative estimate of drug-likeness (QED) is 0.0609. The van der Waals surface area contributed by atoms with E-state index >= 15 is 0 Å². The van der Waals surface area contributed by atoms with E-state index in [9.17, 15) is 0 Å². The second-order valence-electron chi connectivity index (χ2n) is 13.0. The topological polar surface area (TPSA) is 9.23 Å². The third-order valence-electron chi connectivity index (χ3n) is 8.88. The van der Waals surface area contributed by atoms with Crippen LogP contribution in [-0.2, 0) is 6.42 Å². The predicted molar refractivity (Wildman–Crippen MR) is 206 cm³/mol. The number of para-hydroxylation sites is 1. The Morgan fingerprint density at radius 2 is 1.51 bits per heavy atom. The molecule has 0 spiro atoms. The molecule has 0 radical (unpaired) electrons. The number of benzene rings is 3. The van der Waals surface area contributed by atoms with E-state index in [0.717, 1.165) is 24.7 Å². The van der Waals surface area contributed by atoms with Gasteiger partial charge in [0.05, 0.1) is 6.61 Å². The molecule has 0 bridgehead atoms. The Balaban J connectivity index is 1.13. The fraction of sp³-hybridized carbons (Fsp3) is 0.463. The molecule has 5 aromatic rings. The van der Waals surface area contributed by atoms with Gasteiger partial charge in [-0.2, -0.15) is 0 Å². The summed E-state index contributed by atoms with van der Waals surface area (Å²) in [5.74, 6) is 3.03. The first-order valence-corrected chi connectivity index (χ1v) is 20.0. The molecular formula is C41H52OS3. The van der Waals surface area contributed by atoms with Crippen LogP contribution in [0.3, 0.4) is 0 Å². The number of rotatable bonds is 20. The largest absolute Gasteiger partial charge is 0.494 e. The minimum Gasteiger partial charge on any atom is -0.494 e. The number of fused-ring (bicyclic) bond motifs is 4. The molecule has 0 saturated heterocycles. The number of ether oxygens (including phenoxy) is 1. The number of aryl methyl sites for hydroxylation is 2. The molecule has 0 atom stereocenters. The molecule has 0 fully saturated rings. The average Bonchev–Trinajstić information content (AvgIpc) is 3.62. The molecule has 0 saturated carbocycles.